The molecule has 1 saturated carbocycles. The summed E-state index contributed by atoms with van der Waals surface area (Å²) in [7, 11) is 0. The Bertz CT molecular complexity index is 765. The van der Waals surface area contributed by atoms with Crippen LogP contribution in [0.4, 0.5) is 0 Å². The van der Waals surface area contributed by atoms with Gasteiger partial charge in [0.05, 0.1) is 18.0 Å². The van der Waals surface area contributed by atoms with Gasteiger partial charge in [-0.15, -0.1) is 0 Å². The maximum atomic E-state index is 12.5. The lowest BCUT2D eigenvalue weighted by atomic mass is 9.97. The highest BCUT2D eigenvalue weighted by atomic mass is 16.4. The number of hydrogen-bond acceptors (Lipinski definition) is 2. The largest absolute Gasteiger partial charge is 0.478 e. The molecule has 124 valence electrons. The molecule has 24 heavy (non-hydrogen) atoms. The van der Waals surface area contributed by atoms with Gasteiger partial charge in [-0.1, -0.05) is 42.5 Å². The number of carbonyl (C=O) groups excluding carboxylic acids is 1. The van der Waals surface area contributed by atoms with Crippen LogP contribution in [0.3, 0.4) is 0 Å². The molecule has 0 saturated heterocycles. The fraction of sp³-hybridized carbons (Fsp3) is 0.300. The number of rotatable bonds is 6. The van der Waals surface area contributed by atoms with Crippen molar-refractivity contribution in [3.8, 4) is 0 Å². The van der Waals surface area contributed by atoms with Crippen molar-refractivity contribution in [2.75, 3.05) is 0 Å². The molecule has 3 rings (SSSR count). The third kappa shape index (κ3) is 3.65. The van der Waals surface area contributed by atoms with Crippen molar-refractivity contribution in [1.29, 1.82) is 0 Å². The van der Waals surface area contributed by atoms with Crippen LogP contribution in [0.15, 0.2) is 48.5 Å². The first-order valence-electron chi connectivity index (χ1n) is 8.22. The van der Waals surface area contributed by atoms with Crippen LogP contribution in [0.2, 0.25) is 0 Å². The summed E-state index contributed by atoms with van der Waals surface area (Å²) >= 11 is 0. The second-order valence-corrected chi connectivity index (χ2v) is 6.38. The third-order valence-corrected chi connectivity index (χ3v) is 4.53. The molecule has 1 unspecified atom stereocenters. The zero-order valence-corrected chi connectivity index (χ0v) is 13.7. The van der Waals surface area contributed by atoms with E-state index >= 15 is 0 Å². The molecule has 0 aromatic heterocycles. The van der Waals surface area contributed by atoms with Gasteiger partial charge in [-0.05, 0) is 48.4 Å². The zero-order valence-electron chi connectivity index (χ0n) is 13.7. The van der Waals surface area contributed by atoms with Crippen LogP contribution < -0.4 is 5.32 Å². The first-order chi connectivity index (χ1) is 11.6. The van der Waals surface area contributed by atoms with E-state index in [1.807, 2.05) is 12.1 Å². The Balaban J connectivity index is 1.76. The first-order valence-corrected chi connectivity index (χ1v) is 8.22. The number of amides is 1. The molecule has 2 N–H and O–H groups in total. The van der Waals surface area contributed by atoms with Crippen LogP contribution >= 0.6 is 0 Å². The fourth-order valence-electron chi connectivity index (χ4n) is 3.10. The molecule has 0 spiro atoms. The van der Waals surface area contributed by atoms with E-state index in [1.54, 1.807) is 18.2 Å². The average Bonchev–Trinajstić information content (AvgIpc) is 3.38. The van der Waals surface area contributed by atoms with Gasteiger partial charge >= 0.3 is 5.97 Å². The number of carboxylic acid groups (broad SMARTS) is 1. The van der Waals surface area contributed by atoms with Crippen molar-refractivity contribution >= 4 is 11.9 Å². The van der Waals surface area contributed by atoms with Crippen molar-refractivity contribution in [2.45, 2.75) is 32.2 Å². The van der Waals surface area contributed by atoms with E-state index in [1.165, 1.54) is 11.6 Å². The molecule has 1 atom stereocenters. The van der Waals surface area contributed by atoms with Gasteiger partial charge in [0.2, 0.25) is 5.91 Å². The molecule has 0 radical (unpaired) electrons. The summed E-state index contributed by atoms with van der Waals surface area (Å²) in [4.78, 5) is 23.8. The van der Waals surface area contributed by atoms with Gasteiger partial charge in [0.25, 0.3) is 0 Å². The Morgan fingerprint density at radius 3 is 2.46 bits per heavy atom. The average molecular weight is 323 g/mol. The Morgan fingerprint density at radius 2 is 1.79 bits per heavy atom. The van der Waals surface area contributed by atoms with Crippen LogP contribution in [-0.4, -0.2) is 17.0 Å². The van der Waals surface area contributed by atoms with Crippen molar-refractivity contribution in [3.63, 3.8) is 0 Å². The van der Waals surface area contributed by atoms with Gasteiger partial charge < -0.3 is 10.4 Å². The SMILES string of the molecule is Cc1ccccc1C(NC(=O)Cc1ccccc1C(=O)O)C1CC1. The number of carboxylic acids is 1. The molecule has 0 heterocycles. The van der Waals surface area contributed by atoms with Crippen molar-refractivity contribution in [2.24, 2.45) is 5.92 Å². The van der Waals surface area contributed by atoms with Crippen LogP contribution in [0, 0.1) is 12.8 Å². The Hall–Kier alpha value is -2.62. The summed E-state index contributed by atoms with van der Waals surface area (Å²) < 4.78 is 0. The van der Waals surface area contributed by atoms with E-state index in [0.717, 1.165) is 18.4 Å². The summed E-state index contributed by atoms with van der Waals surface area (Å²) in [5.41, 5.74) is 3.05. The lowest BCUT2D eigenvalue weighted by Crippen LogP contribution is -2.32. The number of carbonyl (C=O) groups is 2. The number of nitrogens with one attached hydrogen (secondary N) is 1. The predicted molar refractivity (Wildman–Crippen MR) is 91.9 cm³/mol. The molecule has 1 amide bonds. The molecule has 0 aliphatic heterocycles. The minimum Gasteiger partial charge on any atom is -0.478 e. The summed E-state index contributed by atoms with van der Waals surface area (Å²) in [5.74, 6) is -0.662. The quantitative estimate of drug-likeness (QED) is 0.855. The lowest BCUT2D eigenvalue weighted by molar-refractivity contribution is -0.121. The molecule has 2 aromatic rings. The van der Waals surface area contributed by atoms with E-state index in [-0.39, 0.29) is 23.9 Å². The van der Waals surface area contributed by atoms with Crippen molar-refractivity contribution in [3.05, 3.63) is 70.8 Å². The van der Waals surface area contributed by atoms with E-state index < -0.39 is 5.97 Å². The topological polar surface area (TPSA) is 66.4 Å². The molecular formula is C20H21NO3. The number of benzene rings is 2. The second kappa shape index (κ2) is 6.87. The van der Waals surface area contributed by atoms with Gasteiger partial charge in [-0.25, -0.2) is 4.79 Å². The highest BCUT2D eigenvalue weighted by molar-refractivity contribution is 5.91. The highest BCUT2D eigenvalue weighted by Gasteiger charge is 2.34. The molecule has 2 aromatic carbocycles. The summed E-state index contributed by atoms with van der Waals surface area (Å²) in [6.07, 6.45) is 2.31. The van der Waals surface area contributed by atoms with Gasteiger partial charge in [0, 0.05) is 0 Å². The standard InChI is InChI=1S/C20H21NO3/c1-13-6-2-4-8-16(13)19(14-10-11-14)21-18(22)12-15-7-3-5-9-17(15)20(23)24/h2-9,14,19H,10-12H2,1H3,(H,21,22)(H,23,24). The number of hydrogen-bond donors (Lipinski definition) is 2. The zero-order chi connectivity index (χ0) is 17.1. The third-order valence-electron chi connectivity index (χ3n) is 4.53. The Labute approximate surface area is 141 Å². The van der Waals surface area contributed by atoms with E-state index in [2.05, 4.69) is 24.4 Å². The Morgan fingerprint density at radius 1 is 1.12 bits per heavy atom. The molecule has 1 fully saturated rings. The minimum atomic E-state index is -1.00. The first kappa shape index (κ1) is 16.2. The van der Waals surface area contributed by atoms with E-state index in [0.29, 0.717) is 11.5 Å². The molecule has 1 aliphatic rings. The second-order valence-electron chi connectivity index (χ2n) is 6.38. The van der Waals surface area contributed by atoms with Crippen molar-refractivity contribution < 1.29 is 14.7 Å². The highest BCUT2D eigenvalue weighted by Crippen LogP contribution is 2.41. The van der Waals surface area contributed by atoms with Crippen LogP contribution in [0.5, 0.6) is 0 Å². The number of aromatic carboxylic acids is 1. The molecule has 4 nitrogen and oxygen atoms in total. The van der Waals surface area contributed by atoms with Crippen LogP contribution in [-0.2, 0) is 11.2 Å². The smallest absolute Gasteiger partial charge is 0.335 e. The Kier molecular flexibility index (Phi) is 4.65. The van der Waals surface area contributed by atoms with Crippen LogP contribution in [0.25, 0.3) is 0 Å². The van der Waals surface area contributed by atoms with Gasteiger partial charge in [0.1, 0.15) is 0 Å². The van der Waals surface area contributed by atoms with E-state index in [4.69, 9.17) is 0 Å². The van der Waals surface area contributed by atoms with Crippen LogP contribution in [0.1, 0.15) is 45.9 Å². The fourth-order valence-corrected chi connectivity index (χ4v) is 3.10. The maximum absolute atomic E-state index is 12.5. The predicted octanol–water partition coefficient (Wildman–Crippen LogP) is 3.50. The molecule has 1 aliphatic carbocycles. The summed E-state index contributed by atoms with van der Waals surface area (Å²) in [6.45, 7) is 2.05. The van der Waals surface area contributed by atoms with Crippen molar-refractivity contribution in [1.82, 2.24) is 5.32 Å². The maximum Gasteiger partial charge on any atom is 0.335 e. The summed E-state index contributed by atoms with van der Waals surface area (Å²) in [6, 6.07) is 14.8. The van der Waals surface area contributed by atoms with E-state index in [9.17, 15) is 14.7 Å². The van der Waals surface area contributed by atoms with Gasteiger partial charge in [-0.3, -0.25) is 4.79 Å². The number of aryl methyl sites for hydroxylation is 1. The molecule has 0 bridgehead atoms. The van der Waals surface area contributed by atoms with Gasteiger partial charge in [0.15, 0.2) is 0 Å². The van der Waals surface area contributed by atoms with Gasteiger partial charge in [-0.2, -0.15) is 0 Å². The molecular weight excluding hydrogens is 302 g/mol. The lowest BCUT2D eigenvalue weighted by Gasteiger charge is -2.21. The normalized spacial score (nSPS) is 14.9. The monoisotopic (exact) mass is 323 g/mol. The molecule has 4 heteroatoms. The summed E-state index contributed by atoms with van der Waals surface area (Å²) in [5, 5.41) is 12.4. The minimum absolute atomic E-state index is 0.00990.